The normalized spacial score (nSPS) is 13.2. The number of hydrogen-bond donors (Lipinski definition) is 0. The van der Waals surface area contributed by atoms with Crippen molar-refractivity contribution in [1.82, 2.24) is 14.1 Å². The molecular weight excluding hydrogens is 662 g/mol. The highest BCUT2D eigenvalue weighted by Crippen LogP contribution is 2.50. The lowest BCUT2D eigenvalue weighted by atomic mass is 9.82. The van der Waals surface area contributed by atoms with E-state index in [0.29, 0.717) is 0 Å². The fraction of sp³-hybridized carbons (Fsp3) is 0.0600. The summed E-state index contributed by atoms with van der Waals surface area (Å²) in [7, 11) is 0. The first-order chi connectivity index (χ1) is 26.4. The van der Waals surface area contributed by atoms with Crippen LogP contribution in [0, 0.1) is 5.82 Å². The van der Waals surface area contributed by atoms with Gasteiger partial charge in [0, 0.05) is 38.2 Å². The minimum Gasteiger partial charge on any atom is -0.309 e. The lowest BCUT2D eigenvalue weighted by Gasteiger charge is -2.22. The zero-order valence-corrected chi connectivity index (χ0v) is 29.9. The van der Waals surface area contributed by atoms with E-state index in [4.69, 9.17) is 4.98 Å². The molecule has 1 aliphatic rings. The summed E-state index contributed by atoms with van der Waals surface area (Å²) in [4.78, 5) is 5.33. The summed E-state index contributed by atoms with van der Waals surface area (Å²) in [6, 6.07) is 59.5. The van der Waals surface area contributed by atoms with Crippen molar-refractivity contribution in [2.75, 3.05) is 0 Å². The van der Waals surface area contributed by atoms with Crippen molar-refractivity contribution < 1.29 is 4.39 Å². The van der Waals surface area contributed by atoms with Crippen LogP contribution in [0.2, 0.25) is 0 Å². The number of para-hydroxylation sites is 3. The molecule has 11 rings (SSSR count). The standard InChI is InChI=1S/C50H34FN3/c1-50(2)42-28-33(20-23-36(42)37-25-22-34(51)30-43(37)50)44-15-10-18-49(52-44)54-46-17-9-6-13-38(46)40-24-19-32(29-48(40)54)31-21-26-47-41(27-31)39-14-7-8-16-45(39)53(47)35-11-4-3-5-12-35/h3-30H,1-2H3. The van der Waals surface area contributed by atoms with E-state index in [1.165, 1.54) is 43.7 Å². The Hall–Kier alpha value is -6.78. The highest BCUT2D eigenvalue weighted by Gasteiger charge is 2.36. The second-order valence-electron chi connectivity index (χ2n) is 15.0. The smallest absolute Gasteiger partial charge is 0.138 e. The predicted octanol–water partition coefficient (Wildman–Crippen LogP) is 13.1. The maximum atomic E-state index is 14.4. The molecule has 4 heteroatoms. The molecule has 0 saturated heterocycles. The van der Waals surface area contributed by atoms with Crippen LogP contribution in [0.1, 0.15) is 25.0 Å². The topological polar surface area (TPSA) is 22.8 Å². The molecule has 3 aromatic heterocycles. The number of pyridine rings is 1. The minimum absolute atomic E-state index is 0.199. The van der Waals surface area contributed by atoms with E-state index in [2.05, 4.69) is 175 Å². The SMILES string of the molecule is CC1(C)c2cc(F)ccc2-c2ccc(-c3cccc(-n4c5ccccc5c5ccc(-c6ccc7c(c6)c6ccccc6n7-c6ccccc6)cc54)n3)cc21. The van der Waals surface area contributed by atoms with E-state index in [-0.39, 0.29) is 11.2 Å². The Morgan fingerprint density at radius 1 is 0.444 bits per heavy atom. The van der Waals surface area contributed by atoms with Crippen LogP contribution in [0.4, 0.5) is 4.39 Å². The molecule has 0 atom stereocenters. The van der Waals surface area contributed by atoms with E-state index in [9.17, 15) is 4.39 Å². The third-order valence-electron chi connectivity index (χ3n) is 11.6. The van der Waals surface area contributed by atoms with E-state index in [1.54, 1.807) is 12.1 Å². The van der Waals surface area contributed by atoms with Crippen LogP contribution in [0.5, 0.6) is 0 Å². The van der Waals surface area contributed by atoms with Gasteiger partial charge in [-0.15, -0.1) is 0 Å². The van der Waals surface area contributed by atoms with Gasteiger partial charge < -0.3 is 4.57 Å². The highest BCUT2D eigenvalue weighted by molar-refractivity contribution is 6.12. The Morgan fingerprint density at radius 2 is 1.06 bits per heavy atom. The van der Waals surface area contributed by atoms with Crippen molar-refractivity contribution in [3.05, 3.63) is 187 Å². The number of aromatic nitrogens is 3. The Bertz CT molecular complexity index is 3150. The Labute approximate surface area is 312 Å². The van der Waals surface area contributed by atoms with Crippen LogP contribution in [-0.2, 0) is 5.41 Å². The van der Waals surface area contributed by atoms with E-state index in [0.717, 1.165) is 56.0 Å². The lowest BCUT2D eigenvalue weighted by molar-refractivity contribution is 0.609. The molecule has 3 heterocycles. The number of benzene rings is 7. The highest BCUT2D eigenvalue weighted by atomic mass is 19.1. The van der Waals surface area contributed by atoms with Gasteiger partial charge in [-0.1, -0.05) is 111 Å². The molecule has 0 amide bonds. The van der Waals surface area contributed by atoms with Crippen LogP contribution < -0.4 is 0 Å². The first kappa shape index (κ1) is 30.8. The first-order valence-electron chi connectivity index (χ1n) is 18.5. The second kappa shape index (κ2) is 11.4. The van der Waals surface area contributed by atoms with Crippen LogP contribution in [0.15, 0.2) is 170 Å². The number of hydrogen-bond acceptors (Lipinski definition) is 1. The summed E-state index contributed by atoms with van der Waals surface area (Å²) in [5, 5.41) is 4.85. The third-order valence-corrected chi connectivity index (χ3v) is 11.6. The molecule has 7 aromatic carbocycles. The molecule has 0 spiro atoms. The zero-order chi connectivity index (χ0) is 36.1. The Kier molecular flexibility index (Phi) is 6.48. The molecule has 0 N–H and O–H groups in total. The van der Waals surface area contributed by atoms with Gasteiger partial charge in [0.25, 0.3) is 0 Å². The average molecular weight is 696 g/mol. The maximum absolute atomic E-state index is 14.4. The summed E-state index contributed by atoms with van der Waals surface area (Å²) in [6.45, 7) is 4.36. The molecule has 1 aliphatic carbocycles. The monoisotopic (exact) mass is 695 g/mol. The summed E-state index contributed by atoms with van der Waals surface area (Å²) >= 11 is 0. The number of fused-ring (bicyclic) bond motifs is 9. The van der Waals surface area contributed by atoms with Gasteiger partial charge in [-0.05, 0) is 106 Å². The van der Waals surface area contributed by atoms with Crippen molar-refractivity contribution in [2.24, 2.45) is 0 Å². The van der Waals surface area contributed by atoms with Crippen molar-refractivity contribution in [1.29, 1.82) is 0 Å². The average Bonchev–Trinajstić information content (AvgIpc) is 3.80. The minimum atomic E-state index is -0.316. The Balaban J connectivity index is 1.06. The van der Waals surface area contributed by atoms with E-state index >= 15 is 0 Å². The van der Waals surface area contributed by atoms with Crippen molar-refractivity contribution >= 4 is 43.6 Å². The summed E-state index contributed by atoms with van der Waals surface area (Å²) < 4.78 is 19.0. The number of halogens is 1. The fourth-order valence-corrected chi connectivity index (χ4v) is 8.98. The largest absolute Gasteiger partial charge is 0.309 e. The zero-order valence-electron chi connectivity index (χ0n) is 29.9. The van der Waals surface area contributed by atoms with Gasteiger partial charge in [-0.3, -0.25) is 4.57 Å². The molecule has 0 saturated carbocycles. The summed E-state index contributed by atoms with van der Waals surface area (Å²) in [5.74, 6) is 0.664. The lowest BCUT2D eigenvalue weighted by Crippen LogP contribution is -2.15. The molecule has 10 aromatic rings. The quantitative estimate of drug-likeness (QED) is 0.180. The van der Waals surface area contributed by atoms with Crippen molar-refractivity contribution in [2.45, 2.75) is 19.3 Å². The van der Waals surface area contributed by atoms with Crippen LogP contribution >= 0.6 is 0 Å². The molecule has 54 heavy (non-hydrogen) atoms. The molecular formula is C50H34FN3. The van der Waals surface area contributed by atoms with Gasteiger partial charge >= 0.3 is 0 Å². The maximum Gasteiger partial charge on any atom is 0.138 e. The molecule has 0 radical (unpaired) electrons. The van der Waals surface area contributed by atoms with Gasteiger partial charge in [-0.25, -0.2) is 9.37 Å². The van der Waals surface area contributed by atoms with Gasteiger partial charge in [0.05, 0.1) is 27.8 Å². The molecule has 0 aliphatic heterocycles. The van der Waals surface area contributed by atoms with Crippen molar-refractivity contribution in [3.63, 3.8) is 0 Å². The van der Waals surface area contributed by atoms with Crippen molar-refractivity contribution in [3.8, 4) is 45.0 Å². The first-order valence-corrected chi connectivity index (χ1v) is 18.5. The molecule has 0 bridgehead atoms. The number of nitrogens with zero attached hydrogens (tertiary/aromatic N) is 3. The molecule has 256 valence electrons. The van der Waals surface area contributed by atoms with Gasteiger partial charge in [0.15, 0.2) is 0 Å². The van der Waals surface area contributed by atoms with Gasteiger partial charge in [0.2, 0.25) is 0 Å². The van der Waals surface area contributed by atoms with Gasteiger partial charge in [-0.2, -0.15) is 0 Å². The summed E-state index contributed by atoms with van der Waals surface area (Å²) in [5.41, 5.74) is 14.2. The predicted molar refractivity (Wildman–Crippen MR) is 221 cm³/mol. The van der Waals surface area contributed by atoms with Crippen LogP contribution in [0.25, 0.3) is 88.6 Å². The van der Waals surface area contributed by atoms with Gasteiger partial charge in [0.1, 0.15) is 11.6 Å². The second-order valence-corrected chi connectivity index (χ2v) is 15.0. The molecule has 0 unspecified atom stereocenters. The van der Waals surface area contributed by atoms with E-state index < -0.39 is 0 Å². The third kappa shape index (κ3) is 4.43. The summed E-state index contributed by atoms with van der Waals surface area (Å²) in [6.07, 6.45) is 0. The van der Waals surface area contributed by atoms with Crippen LogP contribution in [0.3, 0.4) is 0 Å². The Morgan fingerprint density at radius 3 is 1.87 bits per heavy atom. The van der Waals surface area contributed by atoms with E-state index in [1.807, 2.05) is 6.07 Å². The molecule has 0 fully saturated rings. The fourth-order valence-electron chi connectivity index (χ4n) is 8.98. The number of rotatable bonds is 4. The van der Waals surface area contributed by atoms with Crippen LogP contribution in [-0.4, -0.2) is 14.1 Å². The molecule has 3 nitrogen and oxygen atoms in total.